The van der Waals surface area contributed by atoms with Crippen LogP contribution in [0.25, 0.3) is 0 Å². The zero-order valence-electron chi connectivity index (χ0n) is 15.3. The molecule has 152 valence electrons. The summed E-state index contributed by atoms with van der Waals surface area (Å²) in [7, 11) is 0. The number of amides is 3. The summed E-state index contributed by atoms with van der Waals surface area (Å²) in [6.07, 6.45) is -2.55. The maximum atomic E-state index is 12.9. The molecule has 2 aliphatic heterocycles. The molecule has 2 aromatic rings. The highest BCUT2D eigenvalue weighted by molar-refractivity contribution is 6.19. The molecule has 3 amide bonds. The molecule has 10 heteroatoms. The SMILES string of the molecule is O=C1CN(C2CCN(c3cc(C(F)(F)F)ncn3)CC2)C(=O)N1c1ccccc1. The Morgan fingerprint density at radius 3 is 2.34 bits per heavy atom. The van der Waals surface area contributed by atoms with Crippen LogP contribution in [-0.2, 0) is 11.0 Å². The van der Waals surface area contributed by atoms with Crippen LogP contribution in [0.5, 0.6) is 0 Å². The van der Waals surface area contributed by atoms with Crippen molar-refractivity contribution in [1.82, 2.24) is 14.9 Å². The molecular formula is C19H18F3N5O2. The van der Waals surface area contributed by atoms with E-state index >= 15 is 0 Å². The van der Waals surface area contributed by atoms with Crippen molar-refractivity contribution >= 4 is 23.4 Å². The number of halogens is 3. The number of nitrogens with zero attached hydrogens (tertiary/aromatic N) is 5. The van der Waals surface area contributed by atoms with Gasteiger partial charge in [-0.05, 0) is 25.0 Å². The van der Waals surface area contributed by atoms with Gasteiger partial charge >= 0.3 is 12.2 Å². The van der Waals surface area contributed by atoms with Crippen LogP contribution in [0.4, 0.5) is 29.5 Å². The Hall–Kier alpha value is -3.17. The van der Waals surface area contributed by atoms with Crippen molar-refractivity contribution in [2.75, 3.05) is 29.4 Å². The summed E-state index contributed by atoms with van der Waals surface area (Å²) in [5.74, 6) is -0.0743. The van der Waals surface area contributed by atoms with Gasteiger partial charge in [0.05, 0.1) is 5.69 Å². The molecule has 0 atom stereocenters. The zero-order valence-corrected chi connectivity index (χ0v) is 15.3. The van der Waals surface area contributed by atoms with Crippen LogP contribution < -0.4 is 9.80 Å². The molecule has 0 N–H and O–H groups in total. The molecule has 0 radical (unpaired) electrons. The second-order valence-electron chi connectivity index (χ2n) is 6.95. The average molecular weight is 405 g/mol. The van der Waals surface area contributed by atoms with Crippen molar-refractivity contribution in [1.29, 1.82) is 0 Å². The molecule has 1 aromatic heterocycles. The van der Waals surface area contributed by atoms with Gasteiger partial charge in [-0.1, -0.05) is 18.2 Å². The van der Waals surface area contributed by atoms with E-state index in [-0.39, 0.29) is 30.3 Å². The van der Waals surface area contributed by atoms with E-state index in [0.717, 1.165) is 12.4 Å². The first-order valence-electron chi connectivity index (χ1n) is 9.17. The smallest absolute Gasteiger partial charge is 0.356 e. The largest absolute Gasteiger partial charge is 0.433 e. The van der Waals surface area contributed by atoms with Crippen molar-refractivity contribution < 1.29 is 22.8 Å². The third kappa shape index (κ3) is 3.74. The van der Waals surface area contributed by atoms with Crippen molar-refractivity contribution in [3.63, 3.8) is 0 Å². The molecule has 0 aliphatic carbocycles. The van der Waals surface area contributed by atoms with Gasteiger partial charge in [-0.3, -0.25) is 4.79 Å². The number of anilines is 2. The molecule has 7 nitrogen and oxygen atoms in total. The monoisotopic (exact) mass is 405 g/mol. The first-order chi connectivity index (χ1) is 13.8. The molecule has 0 unspecified atom stereocenters. The van der Waals surface area contributed by atoms with Crippen molar-refractivity contribution in [2.45, 2.75) is 25.1 Å². The minimum atomic E-state index is -4.53. The van der Waals surface area contributed by atoms with Gasteiger partial charge in [0.1, 0.15) is 24.4 Å². The maximum Gasteiger partial charge on any atom is 0.433 e. The zero-order chi connectivity index (χ0) is 20.6. The molecule has 1 aromatic carbocycles. The quantitative estimate of drug-likeness (QED) is 0.735. The summed E-state index contributed by atoms with van der Waals surface area (Å²) >= 11 is 0. The summed E-state index contributed by atoms with van der Waals surface area (Å²) in [4.78, 5) is 36.9. The Labute approximate surface area is 164 Å². The van der Waals surface area contributed by atoms with E-state index < -0.39 is 11.9 Å². The number of para-hydroxylation sites is 1. The van der Waals surface area contributed by atoms with Gasteiger partial charge in [-0.25, -0.2) is 19.7 Å². The fraction of sp³-hybridized carbons (Fsp3) is 0.368. The standard InChI is InChI=1S/C19H18F3N5O2/c20-19(21,22)15-10-16(24-12-23-15)25-8-6-13(7-9-25)26-11-17(28)27(18(26)29)14-4-2-1-3-5-14/h1-5,10,12-13H,6-9,11H2. The Morgan fingerprint density at radius 1 is 1.00 bits per heavy atom. The molecule has 2 saturated heterocycles. The van der Waals surface area contributed by atoms with Crippen LogP contribution in [0.3, 0.4) is 0 Å². The minimum absolute atomic E-state index is 0.00409. The second-order valence-corrected chi connectivity index (χ2v) is 6.95. The Morgan fingerprint density at radius 2 is 1.69 bits per heavy atom. The molecule has 0 spiro atoms. The number of aromatic nitrogens is 2. The highest BCUT2D eigenvalue weighted by atomic mass is 19.4. The Kier molecular flexibility index (Phi) is 4.85. The van der Waals surface area contributed by atoms with Crippen molar-refractivity contribution in [3.05, 3.63) is 48.4 Å². The van der Waals surface area contributed by atoms with Gasteiger partial charge in [0.15, 0.2) is 0 Å². The van der Waals surface area contributed by atoms with Gasteiger partial charge < -0.3 is 9.80 Å². The number of alkyl halides is 3. The topological polar surface area (TPSA) is 69.6 Å². The number of urea groups is 1. The van der Waals surface area contributed by atoms with Crippen LogP contribution in [0.15, 0.2) is 42.7 Å². The van der Waals surface area contributed by atoms with E-state index in [4.69, 9.17) is 0 Å². The van der Waals surface area contributed by atoms with Crippen molar-refractivity contribution in [3.8, 4) is 0 Å². The molecule has 2 fully saturated rings. The van der Waals surface area contributed by atoms with Gasteiger partial charge in [0.25, 0.3) is 5.91 Å². The lowest BCUT2D eigenvalue weighted by molar-refractivity contribution is -0.141. The summed E-state index contributed by atoms with van der Waals surface area (Å²) in [5.41, 5.74) is -0.452. The number of carbonyl (C=O) groups excluding carboxylic acids is 2. The molecule has 2 aliphatic rings. The van der Waals surface area contributed by atoms with E-state index in [2.05, 4.69) is 9.97 Å². The molecule has 3 heterocycles. The van der Waals surface area contributed by atoms with E-state index in [1.807, 2.05) is 0 Å². The molecule has 4 rings (SSSR count). The number of benzene rings is 1. The first-order valence-corrected chi connectivity index (χ1v) is 9.17. The lowest BCUT2D eigenvalue weighted by Crippen LogP contribution is -2.46. The number of carbonyl (C=O) groups is 2. The Balaban J connectivity index is 1.43. The first kappa shape index (κ1) is 19.2. The van der Waals surface area contributed by atoms with E-state index in [9.17, 15) is 22.8 Å². The summed E-state index contributed by atoms with van der Waals surface area (Å²) in [6, 6.07) is 9.15. The van der Waals surface area contributed by atoms with Crippen LogP contribution in [0.2, 0.25) is 0 Å². The van der Waals surface area contributed by atoms with Gasteiger partial charge in [0.2, 0.25) is 0 Å². The molecular weight excluding hydrogens is 387 g/mol. The number of imide groups is 1. The third-order valence-electron chi connectivity index (χ3n) is 5.18. The highest BCUT2D eigenvalue weighted by Crippen LogP contribution is 2.31. The third-order valence-corrected chi connectivity index (χ3v) is 5.18. The van der Waals surface area contributed by atoms with Gasteiger partial charge in [-0.15, -0.1) is 0 Å². The predicted molar refractivity (Wildman–Crippen MR) is 98.3 cm³/mol. The average Bonchev–Trinajstić information content (AvgIpc) is 3.02. The molecule has 0 saturated carbocycles. The van der Waals surface area contributed by atoms with Crippen LogP contribution >= 0.6 is 0 Å². The van der Waals surface area contributed by atoms with Crippen molar-refractivity contribution in [2.24, 2.45) is 0 Å². The second kappa shape index (κ2) is 7.34. The number of hydrogen-bond donors (Lipinski definition) is 0. The fourth-order valence-electron chi connectivity index (χ4n) is 3.72. The predicted octanol–water partition coefficient (Wildman–Crippen LogP) is 2.93. The van der Waals surface area contributed by atoms with E-state index in [1.165, 1.54) is 4.90 Å². The number of hydrogen-bond acceptors (Lipinski definition) is 5. The minimum Gasteiger partial charge on any atom is -0.356 e. The highest BCUT2D eigenvalue weighted by Gasteiger charge is 2.41. The molecule has 0 bridgehead atoms. The van der Waals surface area contributed by atoms with Gasteiger partial charge in [-0.2, -0.15) is 13.2 Å². The summed E-state index contributed by atoms with van der Waals surface area (Å²) < 4.78 is 38.6. The number of piperidine rings is 1. The van der Waals surface area contributed by atoms with Gasteiger partial charge in [0, 0.05) is 25.2 Å². The van der Waals surface area contributed by atoms with E-state index in [1.54, 1.807) is 40.1 Å². The number of rotatable bonds is 3. The van der Waals surface area contributed by atoms with E-state index in [0.29, 0.717) is 31.6 Å². The molecule has 29 heavy (non-hydrogen) atoms. The van der Waals surface area contributed by atoms with Crippen LogP contribution in [0, 0.1) is 0 Å². The summed E-state index contributed by atoms with van der Waals surface area (Å²) in [6.45, 7) is 0.870. The fourth-order valence-corrected chi connectivity index (χ4v) is 3.72. The lowest BCUT2D eigenvalue weighted by atomic mass is 10.0. The van der Waals surface area contributed by atoms with Crippen LogP contribution in [-0.4, -0.2) is 52.5 Å². The normalized spacial score (nSPS) is 18.7. The Bertz CT molecular complexity index is 914. The summed E-state index contributed by atoms with van der Waals surface area (Å²) in [5, 5.41) is 0. The lowest BCUT2D eigenvalue weighted by Gasteiger charge is -2.36. The van der Waals surface area contributed by atoms with Crippen LogP contribution in [0.1, 0.15) is 18.5 Å². The maximum absolute atomic E-state index is 12.9.